The Morgan fingerprint density at radius 1 is 1.50 bits per heavy atom. The lowest BCUT2D eigenvalue weighted by atomic mass is 10.2. The van der Waals surface area contributed by atoms with E-state index >= 15 is 0 Å². The topological polar surface area (TPSA) is 43.1 Å². The highest BCUT2D eigenvalue weighted by atomic mass is 32.2. The molecule has 1 aromatic carbocycles. The van der Waals surface area contributed by atoms with Crippen LogP contribution in [0.15, 0.2) is 23.1 Å². The molecular formula is C11H15NOS. The molecule has 14 heavy (non-hydrogen) atoms. The molecule has 1 fully saturated rings. The summed E-state index contributed by atoms with van der Waals surface area (Å²) in [4.78, 5) is 0.920. The summed E-state index contributed by atoms with van der Waals surface area (Å²) in [6.45, 7) is 1.95. The fourth-order valence-electron chi connectivity index (χ4n) is 1.38. The van der Waals surface area contributed by atoms with E-state index in [0.717, 1.165) is 21.9 Å². The van der Waals surface area contributed by atoms with Crippen molar-refractivity contribution in [2.75, 3.05) is 11.5 Å². The van der Waals surface area contributed by atoms with Crippen molar-refractivity contribution in [3.63, 3.8) is 0 Å². The molecule has 0 amide bonds. The van der Waals surface area contributed by atoms with E-state index in [-0.39, 0.29) is 0 Å². The summed E-state index contributed by atoms with van der Waals surface area (Å²) in [5.74, 6) is 1.53. The first kappa shape index (κ1) is 9.71. The van der Waals surface area contributed by atoms with Crippen LogP contribution >= 0.6 is 0 Å². The number of rotatable bonds is 3. The summed E-state index contributed by atoms with van der Waals surface area (Å²) < 4.78 is 11.8. The maximum absolute atomic E-state index is 11.8. The van der Waals surface area contributed by atoms with Crippen molar-refractivity contribution in [1.29, 1.82) is 0 Å². The first-order valence-corrected chi connectivity index (χ1v) is 6.23. The Bertz CT molecular complexity index is 372. The first-order valence-electron chi connectivity index (χ1n) is 4.91. The van der Waals surface area contributed by atoms with Gasteiger partial charge >= 0.3 is 0 Å². The van der Waals surface area contributed by atoms with Gasteiger partial charge in [0, 0.05) is 16.3 Å². The monoisotopic (exact) mass is 209 g/mol. The summed E-state index contributed by atoms with van der Waals surface area (Å²) in [6.07, 6.45) is 2.50. The Balaban J connectivity index is 2.14. The standard InChI is InChI=1S/C11H15NOS/c1-8-6-10(4-5-11(8)12)14(13)7-9-2-3-9/h4-6,9H,2-3,7,12H2,1H3. The number of hydrogen-bond acceptors (Lipinski definition) is 2. The maximum atomic E-state index is 11.8. The minimum absolute atomic E-state index is 0.702. The van der Waals surface area contributed by atoms with E-state index in [2.05, 4.69) is 0 Å². The van der Waals surface area contributed by atoms with Gasteiger partial charge in [0.2, 0.25) is 0 Å². The second-order valence-corrected chi connectivity index (χ2v) is 5.47. The van der Waals surface area contributed by atoms with Gasteiger partial charge in [-0.1, -0.05) is 0 Å². The third-order valence-electron chi connectivity index (χ3n) is 2.59. The summed E-state index contributed by atoms with van der Waals surface area (Å²) in [5, 5.41) is 0. The number of nitrogens with two attached hydrogens (primary N) is 1. The SMILES string of the molecule is Cc1cc(S(=O)CC2CC2)ccc1N. The van der Waals surface area contributed by atoms with E-state index in [1.165, 1.54) is 12.8 Å². The van der Waals surface area contributed by atoms with Gasteiger partial charge in [0.05, 0.1) is 10.8 Å². The van der Waals surface area contributed by atoms with Crippen LogP contribution in [0.25, 0.3) is 0 Å². The Morgan fingerprint density at radius 2 is 2.21 bits per heavy atom. The van der Waals surface area contributed by atoms with Crippen molar-refractivity contribution >= 4 is 16.5 Å². The number of anilines is 1. The maximum Gasteiger partial charge on any atom is 0.0532 e. The molecular weight excluding hydrogens is 194 g/mol. The van der Waals surface area contributed by atoms with Crippen molar-refractivity contribution in [3.8, 4) is 0 Å². The summed E-state index contributed by atoms with van der Waals surface area (Å²) in [5.41, 5.74) is 7.50. The van der Waals surface area contributed by atoms with Gasteiger partial charge in [-0.05, 0) is 49.4 Å². The molecule has 0 spiro atoms. The number of aryl methyl sites for hydroxylation is 1. The zero-order valence-corrected chi connectivity index (χ0v) is 9.14. The predicted octanol–water partition coefficient (Wildman–Crippen LogP) is 2.09. The molecule has 0 aliphatic heterocycles. The van der Waals surface area contributed by atoms with Crippen LogP contribution < -0.4 is 5.73 Å². The molecule has 0 bridgehead atoms. The Kier molecular flexibility index (Phi) is 2.59. The van der Waals surface area contributed by atoms with Crippen LogP contribution in [-0.4, -0.2) is 9.96 Å². The molecule has 0 heterocycles. The molecule has 1 saturated carbocycles. The lowest BCUT2D eigenvalue weighted by Gasteiger charge is -2.04. The second kappa shape index (κ2) is 3.73. The van der Waals surface area contributed by atoms with E-state index in [1.54, 1.807) is 0 Å². The van der Waals surface area contributed by atoms with Crippen LogP contribution in [0, 0.1) is 12.8 Å². The highest BCUT2D eigenvalue weighted by Gasteiger charge is 2.24. The summed E-state index contributed by atoms with van der Waals surface area (Å²) in [7, 11) is -0.825. The third kappa shape index (κ3) is 2.15. The average molecular weight is 209 g/mol. The van der Waals surface area contributed by atoms with Gasteiger partial charge in [0.15, 0.2) is 0 Å². The van der Waals surface area contributed by atoms with E-state index < -0.39 is 10.8 Å². The third-order valence-corrected chi connectivity index (χ3v) is 4.14. The van der Waals surface area contributed by atoms with Gasteiger partial charge in [-0.15, -0.1) is 0 Å². The van der Waals surface area contributed by atoms with Gasteiger partial charge in [-0.25, -0.2) is 0 Å². The number of nitrogen functional groups attached to an aromatic ring is 1. The van der Waals surface area contributed by atoms with Crippen LogP contribution in [0.3, 0.4) is 0 Å². The number of benzene rings is 1. The van der Waals surface area contributed by atoms with E-state index in [9.17, 15) is 4.21 Å². The van der Waals surface area contributed by atoms with Crippen molar-refractivity contribution in [1.82, 2.24) is 0 Å². The van der Waals surface area contributed by atoms with Crippen LogP contribution in [-0.2, 0) is 10.8 Å². The molecule has 76 valence electrons. The molecule has 1 aliphatic carbocycles. The lowest BCUT2D eigenvalue weighted by Crippen LogP contribution is -2.01. The molecule has 2 rings (SSSR count). The Morgan fingerprint density at radius 3 is 2.79 bits per heavy atom. The second-order valence-electron chi connectivity index (χ2n) is 3.97. The zero-order chi connectivity index (χ0) is 10.1. The average Bonchev–Trinajstić information content (AvgIpc) is 2.93. The van der Waals surface area contributed by atoms with E-state index in [4.69, 9.17) is 5.73 Å². The van der Waals surface area contributed by atoms with Crippen molar-refractivity contribution in [3.05, 3.63) is 23.8 Å². The van der Waals surface area contributed by atoms with Crippen LogP contribution in [0.4, 0.5) is 5.69 Å². The van der Waals surface area contributed by atoms with Crippen molar-refractivity contribution < 1.29 is 4.21 Å². The molecule has 3 heteroatoms. The predicted molar refractivity (Wildman–Crippen MR) is 59.6 cm³/mol. The van der Waals surface area contributed by atoms with Gasteiger partial charge in [-0.3, -0.25) is 4.21 Å². The molecule has 2 nitrogen and oxygen atoms in total. The van der Waals surface area contributed by atoms with Gasteiger partial charge in [0.25, 0.3) is 0 Å². The van der Waals surface area contributed by atoms with Gasteiger partial charge in [-0.2, -0.15) is 0 Å². The molecule has 1 unspecified atom stereocenters. The Hall–Kier alpha value is -0.830. The fraction of sp³-hybridized carbons (Fsp3) is 0.455. The molecule has 0 aromatic heterocycles. The first-order chi connectivity index (χ1) is 6.66. The highest BCUT2D eigenvalue weighted by molar-refractivity contribution is 7.85. The van der Waals surface area contributed by atoms with E-state index in [1.807, 2.05) is 25.1 Å². The molecule has 1 aliphatic rings. The molecule has 1 aromatic rings. The minimum Gasteiger partial charge on any atom is -0.399 e. The molecule has 0 saturated heterocycles. The quantitative estimate of drug-likeness (QED) is 0.775. The number of hydrogen-bond donors (Lipinski definition) is 1. The zero-order valence-electron chi connectivity index (χ0n) is 8.32. The van der Waals surface area contributed by atoms with Crippen molar-refractivity contribution in [2.45, 2.75) is 24.7 Å². The minimum atomic E-state index is -0.825. The van der Waals surface area contributed by atoms with E-state index in [0.29, 0.717) is 5.92 Å². The van der Waals surface area contributed by atoms with Gasteiger partial charge < -0.3 is 5.73 Å². The summed E-state index contributed by atoms with van der Waals surface area (Å²) >= 11 is 0. The van der Waals surface area contributed by atoms with Gasteiger partial charge in [0.1, 0.15) is 0 Å². The molecule has 1 atom stereocenters. The Labute approximate surface area is 87.0 Å². The highest BCUT2D eigenvalue weighted by Crippen LogP contribution is 2.31. The lowest BCUT2D eigenvalue weighted by molar-refractivity contribution is 0.679. The molecule has 0 radical (unpaired) electrons. The largest absolute Gasteiger partial charge is 0.399 e. The molecule has 2 N–H and O–H groups in total. The normalized spacial score (nSPS) is 18.1. The smallest absolute Gasteiger partial charge is 0.0532 e. The van der Waals surface area contributed by atoms with Crippen molar-refractivity contribution in [2.24, 2.45) is 5.92 Å². The summed E-state index contributed by atoms with van der Waals surface area (Å²) in [6, 6.07) is 5.66. The van der Waals surface area contributed by atoms with Crippen LogP contribution in [0.2, 0.25) is 0 Å². The fourth-order valence-corrected chi connectivity index (χ4v) is 2.87. The van der Waals surface area contributed by atoms with Crippen LogP contribution in [0.1, 0.15) is 18.4 Å². The van der Waals surface area contributed by atoms with Crippen LogP contribution in [0.5, 0.6) is 0 Å².